The molecule has 2 aromatic carbocycles. The quantitative estimate of drug-likeness (QED) is 0.426. The molecule has 2 aromatic rings. The van der Waals surface area contributed by atoms with E-state index in [1.54, 1.807) is 16.7 Å². The zero-order chi connectivity index (χ0) is 22.8. The van der Waals surface area contributed by atoms with Crippen LogP contribution in [0.5, 0.6) is 0 Å². The molecule has 4 nitrogen and oxygen atoms in total. The van der Waals surface area contributed by atoms with Crippen molar-refractivity contribution < 1.29 is 9.59 Å². The van der Waals surface area contributed by atoms with E-state index in [9.17, 15) is 9.59 Å². The van der Waals surface area contributed by atoms with Crippen molar-refractivity contribution in [1.82, 2.24) is 10.2 Å². The first kappa shape index (κ1) is 24.7. The molecule has 32 heavy (non-hydrogen) atoms. The van der Waals surface area contributed by atoms with Crippen LogP contribution in [0, 0.1) is 0 Å². The Morgan fingerprint density at radius 2 is 1.75 bits per heavy atom. The fraction of sp³-hybridized carbons (Fsp3) is 0.462. The molecule has 3 rings (SSSR count). The monoisotopic (exact) mass is 472 g/mol. The highest BCUT2D eigenvalue weighted by molar-refractivity contribution is 7.99. The maximum Gasteiger partial charge on any atom is 0.243 e. The minimum absolute atomic E-state index is 0.00836. The average Bonchev–Trinajstić information content (AvgIpc) is 2.81. The predicted molar refractivity (Wildman–Crippen MR) is 133 cm³/mol. The summed E-state index contributed by atoms with van der Waals surface area (Å²) in [6.07, 6.45) is 6.59. The Bertz CT molecular complexity index is 854. The fourth-order valence-electron chi connectivity index (χ4n) is 4.17. The van der Waals surface area contributed by atoms with Gasteiger partial charge in [0.2, 0.25) is 11.8 Å². The molecule has 2 amide bonds. The number of hydrogen-bond donors (Lipinski definition) is 1. The van der Waals surface area contributed by atoms with Crippen molar-refractivity contribution in [2.75, 3.05) is 5.75 Å². The first-order chi connectivity index (χ1) is 15.6. The summed E-state index contributed by atoms with van der Waals surface area (Å²) in [6, 6.07) is 17.3. The largest absolute Gasteiger partial charge is 0.352 e. The normalized spacial score (nSPS) is 15.2. The van der Waals surface area contributed by atoms with Crippen LogP contribution in [0.15, 0.2) is 59.5 Å². The molecule has 1 saturated carbocycles. The van der Waals surface area contributed by atoms with Crippen molar-refractivity contribution in [3.05, 3.63) is 65.2 Å². The number of halogens is 1. The van der Waals surface area contributed by atoms with Gasteiger partial charge in [-0.1, -0.05) is 68.1 Å². The topological polar surface area (TPSA) is 49.4 Å². The van der Waals surface area contributed by atoms with Crippen LogP contribution in [0.25, 0.3) is 0 Å². The highest BCUT2D eigenvalue weighted by Crippen LogP contribution is 2.22. The molecule has 0 saturated heterocycles. The van der Waals surface area contributed by atoms with Crippen molar-refractivity contribution in [2.24, 2.45) is 0 Å². The minimum atomic E-state index is -0.471. The van der Waals surface area contributed by atoms with Crippen LogP contribution in [-0.4, -0.2) is 34.6 Å². The van der Waals surface area contributed by atoms with E-state index in [-0.39, 0.29) is 17.9 Å². The Hall–Kier alpha value is -1.98. The Morgan fingerprint density at radius 1 is 1.06 bits per heavy atom. The van der Waals surface area contributed by atoms with Crippen molar-refractivity contribution in [2.45, 2.75) is 75.4 Å². The van der Waals surface area contributed by atoms with E-state index in [2.05, 4.69) is 5.32 Å². The molecule has 172 valence electrons. The lowest BCUT2D eigenvalue weighted by Gasteiger charge is -2.33. The molecule has 0 aliphatic heterocycles. The van der Waals surface area contributed by atoms with E-state index in [4.69, 9.17) is 11.6 Å². The van der Waals surface area contributed by atoms with Crippen molar-refractivity contribution in [3.8, 4) is 0 Å². The van der Waals surface area contributed by atoms with Gasteiger partial charge in [-0.15, -0.1) is 11.8 Å². The number of benzene rings is 2. The van der Waals surface area contributed by atoms with Gasteiger partial charge in [0.1, 0.15) is 6.04 Å². The number of carbonyl (C=O) groups excluding carboxylic acids is 2. The number of thioether (sulfide) groups is 1. The summed E-state index contributed by atoms with van der Waals surface area (Å²) in [5.74, 6) is 0.659. The number of rotatable bonds is 10. The van der Waals surface area contributed by atoms with Gasteiger partial charge in [-0.25, -0.2) is 0 Å². The van der Waals surface area contributed by atoms with E-state index < -0.39 is 6.04 Å². The van der Waals surface area contributed by atoms with Crippen LogP contribution >= 0.6 is 23.4 Å². The molecule has 1 N–H and O–H groups in total. The van der Waals surface area contributed by atoms with Crippen LogP contribution in [0.4, 0.5) is 0 Å². The lowest BCUT2D eigenvalue weighted by Crippen LogP contribution is -2.51. The number of hydrogen-bond acceptors (Lipinski definition) is 3. The zero-order valence-corrected chi connectivity index (χ0v) is 20.3. The van der Waals surface area contributed by atoms with E-state index in [0.717, 1.165) is 36.1 Å². The van der Waals surface area contributed by atoms with Crippen LogP contribution in [-0.2, 0) is 16.1 Å². The van der Waals surface area contributed by atoms with Gasteiger partial charge in [0.25, 0.3) is 0 Å². The van der Waals surface area contributed by atoms with Gasteiger partial charge < -0.3 is 10.2 Å². The Morgan fingerprint density at radius 3 is 2.41 bits per heavy atom. The van der Waals surface area contributed by atoms with Crippen LogP contribution < -0.4 is 5.32 Å². The molecular formula is C26H33ClN2O2S. The van der Waals surface area contributed by atoms with E-state index in [0.29, 0.717) is 30.2 Å². The van der Waals surface area contributed by atoms with Crippen molar-refractivity contribution in [3.63, 3.8) is 0 Å². The maximum absolute atomic E-state index is 13.3. The smallest absolute Gasteiger partial charge is 0.243 e. The van der Waals surface area contributed by atoms with Crippen LogP contribution in [0.2, 0.25) is 5.02 Å². The van der Waals surface area contributed by atoms with Crippen molar-refractivity contribution >= 4 is 35.2 Å². The summed E-state index contributed by atoms with van der Waals surface area (Å²) in [4.78, 5) is 29.4. The summed E-state index contributed by atoms with van der Waals surface area (Å²) in [6.45, 7) is 2.38. The molecule has 0 radical (unpaired) electrons. The highest BCUT2D eigenvalue weighted by Gasteiger charge is 2.30. The first-order valence-corrected chi connectivity index (χ1v) is 12.9. The van der Waals surface area contributed by atoms with Crippen LogP contribution in [0.3, 0.4) is 0 Å². The highest BCUT2D eigenvalue weighted by atomic mass is 35.5. The number of amides is 2. The molecular weight excluding hydrogens is 440 g/mol. The van der Waals surface area contributed by atoms with Gasteiger partial charge in [0, 0.05) is 34.7 Å². The summed E-state index contributed by atoms with van der Waals surface area (Å²) < 4.78 is 0. The molecule has 1 atom stereocenters. The molecule has 0 spiro atoms. The molecule has 1 unspecified atom stereocenters. The third kappa shape index (κ3) is 7.56. The maximum atomic E-state index is 13.3. The second-order valence-electron chi connectivity index (χ2n) is 8.33. The second kappa shape index (κ2) is 12.9. The Kier molecular flexibility index (Phi) is 9.94. The summed E-state index contributed by atoms with van der Waals surface area (Å²) in [5.41, 5.74) is 0.974. The van der Waals surface area contributed by atoms with Gasteiger partial charge >= 0.3 is 0 Å². The molecule has 0 bridgehead atoms. The number of carbonyl (C=O) groups is 2. The molecule has 6 heteroatoms. The number of nitrogens with zero attached hydrogens (tertiary/aromatic N) is 1. The molecule has 0 heterocycles. The van der Waals surface area contributed by atoms with Gasteiger partial charge in [0.05, 0.1) is 0 Å². The molecule has 1 aliphatic rings. The summed E-state index contributed by atoms with van der Waals surface area (Å²) >= 11 is 7.70. The van der Waals surface area contributed by atoms with Crippen molar-refractivity contribution in [1.29, 1.82) is 0 Å². The minimum Gasteiger partial charge on any atom is -0.352 e. The third-order valence-electron chi connectivity index (χ3n) is 5.93. The van der Waals surface area contributed by atoms with E-state index in [1.165, 1.54) is 6.42 Å². The van der Waals surface area contributed by atoms with E-state index >= 15 is 0 Å². The Balaban J connectivity index is 1.69. The predicted octanol–water partition coefficient (Wildman–Crippen LogP) is 6.08. The van der Waals surface area contributed by atoms with Crippen LogP contribution in [0.1, 0.15) is 57.4 Å². The number of nitrogens with one attached hydrogen (secondary N) is 1. The standard InChI is InChI=1S/C26H33ClN2O2S/c1-2-24(26(31)28-22-9-5-3-6-10-22)29(19-20-13-15-21(27)16-14-20)25(30)17-18-32-23-11-7-4-8-12-23/h4,7-8,11-16,22,24H,2-3,5-6,9-10,17-19H2,1H3,(H,28,31). The second-order valence-corrected chi connectivity index (χ2v) is 9.93. The Labute approximate surface area is 201 Å². The molecule has 0 aromatic heterocycles. The average molecular weight is 473 g/mol. The fourth-order valence-corrected chi connectivity index (χ4v) is 5.15. The van der Waals surface area contributed by atoms with Gasteiger partial charge in [-0.3, -0.25) is 9.59 Å². The lowest BCUT2D eigenvalue weighted by atomic mass is 9.95. The molecule has 1 fully saturated rings. The SMILES string of the molecule is CCC(C(=O)NC1CCCCC1)N(Cc1ccc(Cl)cc1)C(=O)CCSc1ccccc1. The third-order valence-corrected chi connectivity index (χ3v) is 7.20. The van der Waals surface area contributed by atoms with Gasteiger partial charge in [-0.2, -0.15) is 0 Å². The first-order valence-electron chi connectivity index (χ1n) is 11.6. The van der Waals surface area contributed by atoms with E-state index in [1.807, 2.05) is 61.5 Å². The van der Waals surface area contributed by atoms with Gasteiger partial charge in [0.15, 0.2) is 0 Å². The molecule has 1 aliphatic carbocycles. The summed E-state index contributed by atoms with van der Waals surface area (Å²) in [7, 11) is 0. The lowest BCUT2D eigenvalue weighted by molar-refractivity contribution is -0.141. The zero-order valence-electron chi connectivity index (χ0n) is 18.8. The summed E-state index contributed by atoms with van der Waals surface area (Å²) in [5, 5.41) is 3.88. The van der Waals surface area contributed by atoms with Gasteiger partial charge in [-0.05, 0) is 49.1 Å².